The summed E-state index contributed by atoms with van der Waals surface area (Å²) in [7, 11) is 3.24. The lowest BCUT2D eigenvalue weighted by atomic mass is 10.1. The summed E-state index contributed by atoms with van der Waals surface area (Å²) in [6.07, 6.45) is 4.75. The second-order valence-electron chi connectivity index (χ2n) is 7.00. The molecule has 1 fully saturated rings. The van der Waals surface area contributed by atoms with Crippen LogP contribution in [0.4, 0.5) is 0 Å². The summed E-state index contributed by atoms with van der Waals surface area (Å²) in [5.41, 5.74) is 2.12. The lowest BCUT2D eigenvalue weighted by molar-refractivity contribution is -0.898. The van der Waals surface area contributed by atoms with Crippen molar-refractivity contribution in [2.75, 3.05) is 46.9 Å². The maximum atomic E-state index is 12.7. The number of hydrogen-bond acceptors (Lipinski definition) is 3. The smallest absolute Gasteiger partial charge is 0.227 e. The van der Waals surface area contributed by atoms with Crippen molar-refractivity contribution in [1.82, 2.24) is 4.90 Å². The molecule has 0 radical (unpaired) electrons. The van der Waals surface area contributed by atoms with Gasteiger partial charge in [0.2, 0.25) is 5.91 Å². The molecule has 3 rings (SSSR count). The van der Waals surface area contributed by atoms with E-state index in [1.54, 1.807) is 14.2 Å². The van der Waals surface area contributed by atoms with Crippen molar-refractivity contribution in [1.29, 1.82) is 0 Å². The molecule has 2 aromatic carbocycles. The quantitative estimate of drug-likeness (QED) is 0.794. The average Bonchev–Trinajstić information content (AvgIpc) is 2.75. The van der Waals surface area contributed by atoms with Crippen molar-refractivity contribution in [2.45, 2.75) is 6.42 Å². The van der Waals surface area contributed by atoms with Crippen LogP contribution in [0.15, 0.2) is 54.6 Å². The molecule has 1 amide bonds. The lowest BCUT2D eigenvalue weighted by Crippen LogP contribution is -3.14. The number of piperazine rings is 1. The molecule has 5 heteroatoms. The van der Waals surface area contributed by atoms with E-state index >= 15 is 0 Å². The number of nitrogens with one attached hydrogen (secondary N) is 1. The van der Waals surface area contributed by atoms with Gasteiger partial charge in [0.15, 0.2) is 0 Å². The minimum atomic E-state index is 0.155. The third-order valence-electron chi connectivity index (χ3n) is 5.18. The summed E-state index contributed by atoms with van der Waals surface area (Å²) in [5.74, 6) is 1.58. The normalized spacial score (nSPS) is 15.0. The number of ether oxygens (including phenoxy) is 2. The summed E-state index contributed by atoms with van der Waals surface area (Å²) in [6, 6.07) is 15.9. The Hall–Kier alpha value is -2.79. The molecule has 1 N–H and O–H groups in total. The summed E-state index contributed by atoms with van der Waals surface area (Å²) < 4.78 is 10.6. The second-order valence-corrected chi connectivity index (χ2v) is 7.00. The Morgan fingerprint density at radius 1 is 1.07 bits per heavy atom. The van der Waals surface area contributed by atoms with Gasteiger partial charge in [0.1, 0.15) is 11.5 Å². The number of amides is 1. The van der Waals surface area contributed by atoms with Crippen molar-refractivity contribution in [3.05, 3.63) is 65.7 Å². The summed E-state index contributed by atoms with van der Waals surface area (Å²) in [4.78, 5) is 16.2. The predicted octanol–water partition coefficient (Wildman–Crippen LogP) is 1.69. The monoisotopic (exact) mass is 381 g/mol. The molecule has 148 valence electrons. The van der Waals surface area contributed by atoms with Gasteiger partial charge in [-0.2, -0.15) is 0 Å². The number of nitrogens with zero attached hydrogens (tertiary/aromatic N) is 1. The molecule has 0 saturated carbocycles. The Labute approximate surface area is 167 Å². The van der Waals surface area contributed by atoms with E-state index in [1.807, 2.05) is 29.2 Å². The minimum absolute atomic E-state index is 0.155. The Balaban J connectivity index is 1.48. The maximum Gasteiger partial charge on any atom is 0.227 e. The maximum absolute atomic E-state index is 12.7. The molecule has 0 atom stereocenters. The van der Waals surface area contributed by atoms with Crippen molar-refractivity contribution in [3.63, 3.8) is 0 Å². The first-order valence-corrected chi connectivity index (χ1v) is 9.73. The Bertz CT molecular complexity index is 797. The van der Waals surface area contributed by atoms with Gasteiger partial charge >= 0.3 is 0 Å². The van der Waals surface area contributed by atoms with Crippen LogP contribution in [0.3, 0.4) is 0 Å². The van der Waals surface area contributed by atoms with Crippen LogP contribution in [0, 0.1) is 0 Å². The zero-order chi connectivity index (χ0) is 19.8. The van der Waals surface area contributed by atoms with Gasteiger partial charge in [-0.3, -0.25) is 4.79 Å². The van der Waals surface area contributed by atoms with E-state index in [1.165, 1.54) is 10.5 Å². The van der Waals surface area contributed by atoms with Gasteiger partial charge in [-0.1, -0.05) is 42.5 Å². The molecule has 28 heavy (non-hydrogen) atoms. The van der Waals surface area contributed by atoms with Gasteiger partial charge < -0.3 is 19.3 Å². The Morgan fingerprint density at radius 3 is 2.50 bits per heavy atom. The molecule has 5 nitrogen and oxygen atoms in total. The van der Waals surface area contributed by atoms with Crippen molar-refractivity contribution < 1.29 is 19.2 Å². The van der Waals surface area contributed by atoms with E-state index < -0.39 is 0 Å². The van der Waals surface area contributed by atoms with E-state index in [-0.39, 0.29) is 5.91 Å². The Kier molecular flexibility index (Phi) is 7.09. The van der Waals surface area contributed by atoms with Gasteiger partial charge in [-0.05, 0) is 17.7 Å². The SMILES string of the molecule is COc1ccc(CC(=O)N2CC[NH+](C/C=C/c3ccccc3)CC2)c(OC)c1. The highest BCUT2D eigenvalue weighted by atomic mass is 16.5. The van der Waals surface area contributed by atoms with Crippen LogP contribution in [-0.2, 0) is 11.2 Å². The number of hydrogen-bond donors (Lipinski definition) is 1. The molecule has 1 heterocycles. The van der Waals surface area contributed by atoms with E-state index in [4.69, 9.17) is 9.47 Å². The van der Waals surface area contributed by atoms with Gasteiger partial charge in [-0.25, -0.2) is 0 Å². The fourth-order valence-electron chi connectivity index (χ4n) is 3.47. The van der Waals surface area contributed by atoms with Crippen LogP contribution < -0.4 is 14.4 Å². The first kappa shape index (κ1) is 20.0. The lowest BCUT2D eigenvalue weighted by Gasteiger charge is -2.32. The average molecular weight is 381 g/mol. The van der Waals surface area contributed by atoms with Crippen molar-refractivity contribution in [3.8, 4) is 11.5 Å². The van der Waals surface area contributed by atoms with Crippen LogP contribution in [0.1, 0.15) is 11.1 Å². The molecule has 0 aromatic heterocycles. The molecule has 0 bridgehead atoms. The highest BCUT2D eigenvalue weighted by Gasteiger charge is 2.23. The van der Waals surface area contributed by atoms with Gasteiger partial charge in [0.05, 0.1) is 53.4 Å². The largest absolute Gasteiger partial charge is 0.497 e. The van der Waals surface area contributed by atoms with Gasteiger partial charge in [0, 0.05) is 11.6 Å². The minimum Gasteiger partial charge on any atom is -0.497 e. The van der Waals surface area contributed by atoms with E-state index in [0.717, 1.165) is 44.0 Å². The van der Waals surface area contributed by atoms with E-state index in [0.29, 0.717) is 12.2 Å². The molecular formula is C23H29N2O3+. The number of carbonyl (C=O) groups is 1. The molecule has 0 spiro atoms. The summed E-state index contributed by atoms with van der Waals surface area (Å²) >= 11 is 0. The van der Waals surface area contributed by atoms with E-state index in [9.17, 15) is 4.79 Å². The number of benzene rings is 2. The molecule has 1 aliphatic heterocycles. The fourth-order valence-corrected chi connectivity index (χ4v) is 3.47. The third kappa shape index (κ3) is 5.36. The standard InChI is InChI=1S/C23H28N2O3/c1-27-21-11-10-20(22(18-21)28-2)17-23(26)25-15-13-24(14-16-25)12-6-9-19-7-4-3-5-8-19/h3-11,18H,12-17H2,1-2H3/p+1/b9-6+. The highest BCUT2D eigenvalue weighted by molar-refractivity contribution is 5.79. The number of carbonyl (C=O) groups excluding carboxylic acids is 1. The number of rotatable bonds is 7. The molecule has 1 saturated heterocycles. The van der Waals surface area contributed by atoms with Gasteiger partial charge in [-0.15, -0.1) is 0 Å². The van der Waals surface area contributed by atoms with Crippen LogP contribution >= 0.6 is 0 Å². The first-order valence-electron chi connectivity index (χ1n) is 9.73. The predicted molar refractivity (Wildman–Crippen MR) is 111 cm³/mol. The van der Waals surface area contributed by atoms with Crippen molar-refractivity contribution >= 4 is 12.0 Å². The fraction of sp³-hybridized carbons (Fsp3) is 0.348. The molecule has 1 aliphatic rings. The molecule has 2 aromatic rings. The molecule has 0 aliphatic carbocycles. The summed E-state index contributed by atoms with van der Waals surface area (Å²) in [5, 5.41) is 0. The zero-order valence-electron chi connectivity index (χ0n) is 16.7. The Morgan fingerprint density at radius 2 is 1.82 bits per heavy atom. The number of methoxy groups -OCH3 is 2. The van der Waals surface area contributed by atoms with Crippen molar-refractivity contribution in [2.24, 2.45) is 0 Å². The highest BCUT2D eigenvalue weighted by Crippen LogP contribution is 2.25. The van der Waals surface area contributed by atoms with Crippen LogP contribution in [0.5, 0.6) is 11.5 Å². The van der Waals surface area contributed by atoms with Gasteiger partial charge in [0.25, 0.3) is 0 Å². The van der Waals surface area contributed by atoms with Crippen LogP contribution in [0.25, 0.3) is 6.08 Å². The first-order chi connectivity index (χ1) is 13.7. The topological polar surface area (TPSA) is 43.2 Å². The summed E-state index contributed by atoms with van der Waals surface area (Å²) in [6.45, 7) is 4.54. The third-order valence-corrected chi connectivity index (χ3v) is 5.18. The molecule has 0 unspecified atom stereocenters. The van der Waals surface area contributed by atoms with E-state index in [2.05, 4.69) is 36.4 Å². The molecular weight excluding hydrogens is 352 g/mol. The van der Waals surface area contributed by atoms with Crippen LogP contribution in [-0.4, -0.2) is 57.8 Å². The zero-order valence-corrected chi connectivity index (χ0v) is 16.7. The van der Waals surface area contributed by atoms with Crippen LogP contribution in [0.2, 0.25) is 0 Å². The second kappa shape index (κ2) is 9.95. The number of quaternary nitrogens is 1.